The molecule has 0 heterocycles. The second-order valence-corrected chi connectivity index (χ2v) is 4.85. The zero-order chi connectivity index (χ0) is 14.4. The number of aryl methyl sites for hydroxylation is 1. The highest BCUT2D eigenvalue weighted by Gasteiger charge is 2.19. The van der Waals surface area contributed by atoms with Crippen LogP contribution >= 0.6 is 0 Å². The Bertz CT molecular complexity index is 430. The molecule has 0 bridgehead atoms. The van der Waals surface area contributed by atoms with Gasteiger partial charge in [0.15, 0.2) is 0 Å². The van der Waals surface area contributed by atoms with E-state index in [0.717, 1.165) is 17.7 Å². The molecule has 1 atom stereocenters. The number of ether oxygens (including phenoxy) is 1. The average Bonchev–Trinajstić information content (AvgIpc) is 2.43. The van der Waals surface area contributed by atoms with Crippen LogP contribution in [0.4, 0.5) is 0 Å². The molecule has 0 aromatic heterocycles. The molecule has 106 valence electrons. The Labute approximate surface area is 115 Å². The lowest BCUT2D eigenvalue weighted by Gasteiger charge is -2.20. The number of carbonyl (C=O) groups is 1. The van der Waals surface area contributed by atoms with Crippen LogP contribution in [0.2, 0.25) is 0 Å². The van der Waals surface area contributed by atoms with Crippen molar-refractivity contribution in [2.75, 3.05) is 27.7 Å². The van der Waals surface area contributed by atoms with Crippen molar-refractivity contribution in [1.82, 2.24) is 4.90 Å². The van der Waals surface area contributed by atoms with Crippen LogP contribution in [-0.2, 0) is 11.2 Å². The minimum absolute atomic E-state index is 0.00338. The van der Waals surface area contributed by atoms with Gasteiger partial charge in [-0.3, -0.25) is 4.79 Å². The maximum absolute atomic E-state index is 11.9. The summed E-state index contributed by atoms with van der Waals surface area (Å²) in [5, 5.41) is 0. The van der Waals surface area contributed by atoms with Crippen molar-refractivity contribution >= 4 is 5.91 Å². The van der Waals surface area contributed by atoms with Gasteiger partial charge in [-0.15, -0.1) is 0 Å². The lowest BCUT2D eigenvalue weighted by Crippen LogP contribution is -2.26. The third kappa shape index (κ3) is 3.96. The van der Waals surface area contributed by atoms with Gasteiger partial charge in [0.1, 0.15) is 5.75 Å². The predicted octanol–water partition coefficient (Wildman–Crippen LogP) is 1.78. The molecule has 0 spiro atoms. The van der Waals surface area contributed by atoms with Crippen LogP contribution in [-0.4, -0.2) is 38.6 Å². The van der Waals surface area contributed by atoms with Crippen molar-refractivity contribution in [2.24, 2.45) is 5.73 Å². The van der Waals surface area contributed by atoms with Crippen LogP contribution in [0.15, 0.2) is 18.2 Å². The minimum atomic E-state index is -0.00338. The number of methoxy groups -OCH3 is 1. The molecule has 1 aromatic rings. The zero-order valence-electron chi connectivity index (χ0n) is 12.3. The van der Waals surface area contributed by atoms with Gasteiger partial charge in [-0.25, -0.2) is 0 Å². The Hall–Kier alpha value is -1.55. The van der Waals surface area contributed by atoms with Crippen molar-refractivity contribution in [2.45, 2.75) is 25.7 Å². The topological polar surface area (TPSA) is 55.6 Å². The van der Waals surface area contributed by atoms with E-state index < -0.39 is 0 Å². The molecule has 0 fully saturated rings. The van der Waals surface area contributed by atoms with E-state index in [1.54, 1.807) is 26.1 Å². The van der Waals surface area contributed by atoms with Gasteiger partial charge in [0.2, 0.25) is 5.91 Å². The number of rotatable bonds is 6. The Morgan fingerprint density at radius 3 is 2.58 bits per heavy atom. The van der Waals surface area contributed by atoms with Gasteiger partial charge in [-0.2, -0.15) is 0 Å². The monoisotopic (exact) mass is 264 g/mol. The number of hydrogen-bond donors (Lipinski definition) is 1. The fourth-order valence-electron chi connectivity index (χ4n) is 2.04. The second-order valence-electron chi connectivity index (χ2n) is 4.85. The Morgan fingerprint density at radius 2 is 2.11 bits per heavy atom. The van der Waals surface area contributed by atoms with Gasteiger partial charge in [0.25, 0.3) is 0 Å². The molecule has 4 nitrogen and oxygen atoms in total. The number of nitrogens with zero attached hydrogens (tertiary/aromatic N) is 1. The molecule has 0 aliphatic rings. The highest BCUT2D eigenvalue weighted by atomic mass is 16.5. The van der Waals surface area contributed by atoms with Crippen LogP contribution in [0.3, 0.4) is 0 Å². The normalized spacial score (nSPS) is 12.1. The molecule has 0 saturated carbocycles. The summed E-state index contributed by atoms with van der Waals surface area (Å²) in [6.07, 6.45) is 1.36. The average molecular weight is 264 g/mol. The number of nitrogens with two attached hydrogens (primary N) is 1. The predicted molar refractivity (Wildman–Crippen MR) is 77.5 cm³/mol. The molecule has 1 aromatic carbocycles. The second kappa shape index (κ2) is 7.14. The van der Waals surface area contributed by atoms with Crippen LogP contribution in [0.25, 0.3) is 0 Å². The first-order valence-electron chi connectivity index (χ1n) is 6.60. The van der Waals surface area contributed by atoms with E-state index >= 15 is 0 Å². The lowest BCUT2D eigenvalue weighted by atomic mass is 9.92. The molecule has 1 rings (SSSR count). The van der Waals surface area contributed by atoms with E-state index in [1.807, 2.05) is 12.1 Å². The Kier molecular flexibility index (Phi) is 5.83. The summed E-state index contributed by atoms with van der Waals surface area (Å²) in [5.74, 6) is 0.884. The van der Waals surface area contributed by atoms with Crippen molar-refractivity contribution in [3.63, 3.8) is 0 Å². The quantitative estimate of drug-likeness (QED) is 0.852. The van der Waals surface area contributed by atoms with Crippen molar-refractivity contribution < 1.29 is 9.53 Å². The van der Waals surface area contributed by atoms with Crippen LogP contribution < -0.4 is 10.5 Å². The fraction of sp³-hybridized carbons (Fsp3) is 0.533. The summed E-state index contributed by atoms with van der Waals surface area (Å²) < 4.78 is 5.39. The third-order valence-corrected chi connectivity index (χ3v) is 3.35. The molecular formula is C15H24N2O2. The molecular weight excluding hydrogens is 240 g/mol. The molecule has 0 aliphatic carbocycles. The summed E-state index contributed by atoms with van der Waals surface area (Å²) in [6, 6.07) is 6.10. The minimum Gasteiger partial charge on any atom is -0.496 e. The van der Waals surface area contributed by atoms with Gasteiger partial charge < -0.3 is 15.4 Å². The van der Waals surface area contributed by atoms with Gasteiger partial charge >= 0.3 is 0 Å². The van der Waals surface area contributed by atoms with Gasteiger partial charge in [-0.05, 0) is 30.2 Å². The first kappa shape index (κ1) is 15.5. The van der Waals surface area contributed by atoms with Crippen LogP contribution in [0, 0.1) is 0 Å². The van der Waals surface area contributed by atoms with E-state index in [0.29, 0.717) is 13.0 Å². The summed E-state index contributed by atoms with van der Waals surface area (Å²) >= 11 is 0. The van der Waals surface area contributed by atoms with Crippen molar-refractivity contribution in [1.29, 1.82) is 0 Å². The SMILES string of the molecule is CCc1ccc(OC)c(C(CN)CC(=O)N(C)C)c1. The number of amides is 1. The number of hydrogen-bond acceptors (Lipinski definition) is 3. The lowest BCUT2D eigenvalue weighted by molar-refractivity contribution is -0.129. The first-order valence-corrected chi connectivity index (χ1v) is 6.60. The van der Waals surface area contributed by atoms with E-state index in [1.165, 1.54) is 5.56 Å². The first-order chi connectivity index (χ1) is 9.03. The summed E-state index contributed by atoms with van der Waals surface area (Å²) in [6.45, 7) is 2.54. The molecule has 2 N–H and O–H groups in total. The van der Waals surface area contributed by atoms with Crippen molar-refractivity contribution in [3.05, 3.63) is 29.3 Å². The Morgan fingerprint density at radius 1 is 1.42 bits per heavy atom. The molecule has 0 saturated heterocycles. The molecule has 0 radical (unpaired) electrons. The van der Waals surface area contributed by atoms with E-state index in [9.17, 15) is 4.79 Å². The number of benzene rings is 1. The molecule has 19 heavy (non-hydrogen) atoms. The standard InChI is InChI=1S/C15H24N2O2/c1-5-11-6-7-14(19-4)13(8-11)12(10-16)9-15(18)17(2)3/h6-8,12H,5,9-10,16H2,1-4H3. The smallest absolute Gasteiger partial charge is 0.222 e. The maximum atomic E-state index is 11.9. The highest BCUT2D eigenvalue weighted by Crippen LogP contribution is 2.30. The van der Waals surface area contributed by atoms with Crippen LogP contribution in [0.1, 0.15) is 30.4 Å². The highest BCUT2D eigenvalue weighted by molar-refractivity contribution is 5.76. The number of carbonyl (C=O) groups excluding carboxylic acids is 1. The molecule has 4 heteroatoms. The molecule has 1 amide bonds. The molecule has 1 unspecified atom stereocenters. The third-order valence-electron chi connectivity index (χ3n) is 3.35. The van der Waals surface area contributed by atoms with Crippen molar-refractivity contribution in [3.8, 4) is 5.75 Å². The van der Waals surface area contributed by atoms with E-state index in [-0.39, 0.29) is 11.8 Å². The summed E-state index contributed by atoms with van der Waals surface area (Å²) in [5.41, 5.74) is 8.10. The van der Waals surface area contributed by atoms with Gasteiger partial charge in [0, 0.05) is 26.4 Å². The largest absolute Gasteiger partial charge is 0.496 e. The fourth-order valence-corrected chi connectivity index (χ4v) is 2.04. The molecule has 0 aliphatic heterocycles. The summed E-state index contributed by atoms with van der Waals surface area (Å²) in [4.78, 5) is 13.5. The van der Waals surface area contributed by atoms with Gasteiger partial charge in [-0.1, -0.05) is 19.1 Å². The zero-order valence-corrected chi connectivity index (χ0v) is 12.3. The van der Waals surface area contributed by atoms with E-state index in [2.05, 4.69) is 13.0 Å². The van der Waals surface area contributed by atoms with E-state index in [4.69, 9.17) is 10.5 Å². The Balaban J connectivity index is 3.05. The van der Waals surface area contributed by atoms with Gasteiger partial charge in [0.05, 0.1) is 7.11 Å². The summed E-state index contributed by atoms with van der Waals surface area (Å²) in [7, 11) is 5.16. The van der Waals surface area contributed by atoms with Crippen LogP contribution in [0.5, 0.6) is 5.75 Å². The maximum Gasteiger partial charge on any atom is 0.222 e.